The van der Waals surface area contributed by atoms with E-state index in [1.165, 1.54) is 65.3 Å². The Balaban J connectivity index is 1.99. The Morgan fingerprint density at radius 2 is 1.78 bits per heavy atom. The number of nitrogens with zero attached hydrogens (tertiary/aromatic N) is 1. The number of aromatic nitrogens is 1. The zero-order valence-corrected chi connectivity index (χ0v) is 14.9. The van der Waals surface area contributed by atoms with Gasteiger partial charge in [-0.25, -0.2) is 0 Å². The van der Waals surface area contributed by atoms with Gasteiger partial charge in [0.15, 0.2) is 0 Å². The van der Waals surface area contributed by atoms with Crippen molar-refractivity contribution in [2.45, 2.75) is 71.1 Å². The molecule has 2 aliphatic carbocycles. The second kappa shape index (κ2) is 5.19. The molecule has 0 bridgehead atoms. The molecule has 0 saturated heterocycles. The van der Waals surface area contributed by atoms with Crippen molar-refractivity contribution in [3.63, 3.8) is 0 Å². The fraction of sp³-hybridized carbons (Fsp3) is 0.500. The van der Waals surface area contributed by atoms with E-state index >= 15 is 0 Å². The predicted molar refractivity (Wildman–Crippen MR) is 98.9 cm³/mol. The van der Waals surface area contributed by atoms with Crippen LogP contribution in [0.2, 0.25) is 0 Å². The first-order valence-electron chi connectivity index (χ1n) is 9.11. The van der Waals surface area contributed by atoms with E-state index in [4.69, 9.17) is 4.98 Å². The first kappa shape index (κ1) is 14.9. The third kappa shape index (κ3) is 2.16. The van der Waals surface area contributed by atoms with Crippen LogP contribution in [0.3, 0.4) is 0 Å². The molecular formula is C22H27N. The van der Waals surface area contributed by atoms with Crippen molar-refractivity contribution < 1.29 is 0 Å². The molecule has 1 heterocycles. The average molecular weight is 305 g/mol. The third-order valence-corrected chi connectivity index (χ3v) is 6.49. The Hall–Kier alpha value is -1.63. The maximum Gasteiger partial charge on any atom is 0.0739 e. The Bertz CT molecular complexity index is 804. The molecule has 2 aliphatic rings. The van der Waals surface area contributed by atoms with Crippen LogP contribution in [-0.4, -0.2) is 4.98 Å². The van der Waals surface area contributed by atoms with Gasteiger partial charge in [0.1, 0.15) is 0 Å². The quantitative estimate of drug-likeness (QED) is 0.596. The Morgan fingerprint density at radius 1 is 1.04 bits per heavy atom. The number of hydrogen-bond donors (Lipinski definition) is 0. The average Bonchev–Trinajstić information content (AvgIpc) is 2.58. The fourth-order valence-electron chi connectivity index (χ4n) is 4.64. The van der Waals surface area contributed by atoms with E-state index < -0.39 is 0 Å². The molecule has 2 aromatic rings. The van der Waals surface area contributed by atoms with E-state index in [2.05, 4.69) is 45.9 Å². The normalized spacial score (nSPS) is 21.0. The van der Waals surface area contributed by atoms with E-state index in [0.717, 1.165) is 5.92 Å². The predicted octanol–water partition coefficient (Wildman–Crippen LogP) is 6.37. The molecule has 0 radical (unpaired) electrons. The lowest BCUT2D eigenvalue weighted by Crippen LogP contribution is -2.24. The first-order chi connectivity index (χ1) is 11.0. The molecule has 4 rings (SSSR count). The van der Waals surface area contributed by atoms with Crippen molar-refractivity contribution in [3.8, 4) is 0 Å². The number of allylic oxidation sites excluding steroid dienone is 2. The van der Waals surface area contributed by atoms with Gasteiger partial charge in [0.05, 0.1) is 5.69 Å². The molecule has 0 spiro atoms. The van der Waals surface area contributed by atoms with Crippen LogP contribution in [-0.2, 0) is 5.41 Å². The summed E-state index contributed by atoms with van der Waals surface area (Å²) in [6.45, 7) is 9.27. The summed E-state index contributed by atoms with van der Waals surface area (Å²) in [6, 6.07) is 7.17. The van der Waals surface area contributed by atoms with Crippen molar-refractivity contribution in [2.75, 3.05) is 0 Å². The highest BCUT2D eigenvalue weighted by Gasteiger charge is 2.33. The van der Waals surface area contributed by atoms with E-state index in [9.17, 15) is 0 Å². The molecule has 1 saturated carbocycles. The molecule has 23 heavy (non-hydrogen) atoms. The van der Waals surface area contributed by atoms with Gasteiger partial charge >= 0.3 is 0 Å². The summed E-state index contributed by atoms with van der Waals surface area (Å²) in [5, 5.41) is 2.77. The number of hydrogen-bond acceptors (Lipinski definition) is 1. The SMILES string of the molecule is CC1=C(C)C(C)(C)c2cc(C3CCCCC3)cc3ccnc1c23. The molecule has 0 unspecified atom stereocenters. The largest absolute Gasteiger partial charge is 0.256 e. The van der Waals surface area contributed by atoms with Crippen LogP contribution in [0.25, 0.3) is 16.3 Å². The summed E-state index contributed by atoms with van der Waals surface area (Å²) in [6.07, 6.45) is 8.90. The van der Waals surface area contributed by atoms with Crippen LogP contribution < -0.4 is 0 Å². The van der Waals surface area contributed by atoms with Crippen LogP contribution in [0.4, 0.5) is 0 Å². The maximum absolute atomic E-state index is 4.72. The minimum absolute atomic E-state index is 0.100. The molecule has 1 aromatic heterocycles. The highest BCUT2D eigenvalue weighted by Crippen LogP contribution is 2.47. The molecule has 1 fully saturated rings. The maximum atomic E-state index is 4.72. The lowest BCUT2D eigenvalue weighted by molar-refractivity contribution is 0.443. The van der Waals surface area contributed by atoms with Gasteiger partial charge in [-0.05, 0) is 60.8 Å². The number of pyridine rings is 1. The molecule has 1 aromatic carbocycles. The Morgan fingerprint density at radius 3 is 2.52 bits per heavy atom. The lowest BCUT2D eigenvalue weighted by atomic mass is 9.69. The molecule has 0 amide bonds. The van der Waals surface area contributed by atoms with Crippen molar-refractivity contribution >= 4 is 16.3 Å². The summed E-state index contributed by atoms with van der Waals surface area (Å²) in [5.41, 5.74) is 7.17. The summed E-state index contributed by atoms with van der Waals surface area (Å²) in [4.78, 5) is 4.72. The lowest BCUT2D eigenvalue weighted by Gasteiger charge is -2.35. The van der Waals surface area contributed by atoms with Gasteiger partial charge in [-0.1, -0.05) is 50.8 Å². The van der Waals surface area contributed by atoms with Crippen molar-refractivity contribution in [2.24, 2.45) is 0 Å². The minimum atomic E-state index is 0.100. The molecule has 0 atom stereocenters. The van der Waals surface area contributed by atoms with Crippen molar-refractivity contribution in [1.29, 1.82) is 0 Å². The van der Waals surface area contributed by atoms with Crippen LogP contribution in [0, 0.1) is 0 Å². The summed E-state index contributed by atoms with van der Waals surface area (Å²) in [5.74, 6) is 0.754. The van der Waals surface area contributed by atoms with E-state index in [-0.39, 0.29) is 5.41 Å². The highest BCUT2D eigenvalue weighted by atomic mass is 14.7. The monoisotopic (exact) mass is 305 g/mol. The number of rotatable bonds is 1. The second-order valence-corrected chi connectivity index (χ2v) is 8.04. The van der Waals surface area contributed by atoms with Gasteiger partial charge in [-0.3, -0.25) is 4.98 Å². The number of benzene rings is 1. The van der Waals surface area contributed by atoms with E-state index in [1.807, 2.05) is 6.20 Å². The van der Waals surface area contributed by atoms with Crippen LogP contribution in [0.15, 0.2) is 30.0 Å². The highest BCUT2D eigenvalue weighted by molar-refractivity contribution is 5.99. The molecular weight excluding hydrogens is 278 g/mol. The third-order valence-electron chi connectivity index (χ3n) is 6.49. The Labute approximate surface area is 139 Å². The fourth-order valence-corrected chi connectivity index (χ4v) is 4.64. The first-order valence-corrected chi connectivity index (χ1v) is 9.11. The summed E-state index contributed by atoms with van der Waals surface area (Å²) >= 11 is 0. The van der Waals surface area contributed by atoms with Gasteiger partial charge in [0.25, 0.3) is 0 Å². The molecule has 1 heteroatoms. The van der Waals surface area contributed by atoms with Gasteiger partial charge in [0, 0.05) is 17.0 Å². The summed E-state index contributed by atoms with van der Waals surface area (Å²) in [7, 11) is 0. The topological polar surface area (TPSA) is 12.9 Å². The van der Waals surface area contributed by atoms with Crippen LogP contribution in [0.1, 0.15) is 82.5 Å². The zero-order valence-electron chi connectivity index (χ0n) is 14.9. The van der Waals surface area contributed by atoms with Gasteiger partial charge in [-0.15, -0.1) is 0 Å². The molecule has 0 aliphatic heterocycles. The summed E-state index contributed by atoms with van der Waals surface area (Å²) < 4.78 is 0. The van der Waals surface area contributed by atoms with E-state index in [1.54, 1.807) is 5.56 Å². The van der Waals surface area contributed by atoms with Gasteiger partial charge < -0.3 is 0 Å². The van der Waals surface area contributed by atoms with Gasteiger partial charge in [0.2, 0.25) is 0 Å². The second-order valence-electron chi connectivity index (χ2n) is 8.04. The van der Waals surface area contributed by atoms with Crippen molar-refractivity contribution in [1.82, 2.24) is 4.98 Å². The standard InChI is InChI=1S/C22H27N/c1-14-15(2)22(3,4)19-13-18(16-8-6-5-7-9-16)12-17-10-11-23-21(14)20(17)19/h10-13,16H,5-9H2,1-4H3. The van der Waals surface area contributed by atoms with Crippen molar-refractivity contribution in [3.05, 3.63) is 46.8 Å². The molecule has 1 nitrogen and oxygen atoms in total. The Kier molecular flexibility index (Phi) is 3.37. The molecule has 120 valence electrons. The molecule has 0 N–H and O–H groups in total. The van der Waals surface area contributed by atoms with Gasteiger partial charge in [-0.2, -0.15) is 0 Å². The van der Waals surface area contributed by atoms with Crippen LogP contribution in [0.5, 0.6) is 0 Å². The smallest absolute Gasteiger partial charge is 0.0739 e. The van der Waals surface area contributed by atoms with E-state index in [0.29, 0.717) is 0 Å². The zero-order chi connectivity index (χ0) is 16.2. The minimum Gasteiger partial charge on any atom is -0.256 e. The van der Waals surface area contributed by atoms with Crippen LogP contribution >= 0.6 is 0 Å².